The summed E-state index contributed by atoms with van der Waals surface area (Å²) in [6.07, 6.45) is 9.62. The number of nitrogens with zero attached hydrogens (tertiary/aromatic N) is 2. The van der Waals surface area contributed by atoms with Gasteiger partial charge in [-0.15, -0.1) is 10.6 Å². The molecule has 3 N–H and O–H groups in total. The molecule has 6 aliphatic rings. The number of hydrogen-bond donors (Lipinski definition) is 3. The summed E-state index contributed by atoms with van der Waals surface area (Å²) in [6.45, 7) is 6.88. The molecule has 0 amide bonds. The number of amidine groups is 1. The lowest BCUT2D eigenvalue weighted by Crippen LogP contribution is -2.53. The lowest BCUT2D eigenvalue weighted by molar-refractivity contribution is -0.136. The molecule has 0 aromatic heterocycles. The number of nitrogens with one attached hydrogen (secondary N) is 2. The maximum absolute atomic E-state index is 13.5. The second kappa shape index (κ2) is 6.44. The van der Waals surface area contributed by atoms with Crippen LogP contribution in [0.3, 0.4) is 0 Å². The van der Waals surface area contributed by atoms with E-state index >= 15 is 0 Å². The molecule has 1 aliphatic heterocycles. The summed E-state index contributed by atoms with van der Waals surface area (Å²) in [5.74, 6) is 6.85. The van der Waals surface area contributed by atoms with Crippen molar-refractivity contribution < 1.29 is 9.90 Å². The van der Waals surface area contributed by atoms with E-state index in [9.17, 15) is 9.90 Å². The van der Waals surface area contributed by atoms with Crippen molar-refractivity contribution in [1.29, 1.82) is 0 Å². The summed E-state index contributed by atoms with van der Waals surface area (Å²) in [5.41, 5.74) is 5.51. The molecule has 0 saturated heterocycles. The highest BCUT2D eigenvalue weighted by Gasteiger charge is 2.70. The van der Waals surface area contributed by atoms with Crippen molar-refractivity contribution in [2.24, 2.45) is 57.9 Å². The highest BCUT2D eigenvalue weighted by Crippen LogP contribution is 2.74. The van der Waals surface area contributed by atoms with Crippen LogP contribution >= 0.6 is 0 Å². The van der Waals surface area contributed by atoms with Crippen molar-refractivity contribution in [3.8, 4) is 0 Å². The summed E-state index contributed by atoms with van der Waals surface area (Å²) >= 11 is 0. The Morgan fingerprint density at radius 1 is 1.10 bits per heavy atom. The Morgan fingerprint density at radius 2 is 1.90 bits per heavy atom. The topological polar surface area (TPSA) is 77.0 Å². The predicted molar refractivity (Wildman–Crippen MR) is 115 cm³/mol. The number of carbonyl (C=O) groups is 1. The third-order valence-electron chi connectivity index (χ3n) is 10.5. The molecule has 6 nitrogen and oxygen atoms in total. The van der Waals surface area contributed by atoms with Crippen LogP contribution < -0.4 is 11.1 Å². The fraction of sp³-hybridized carbons (Fsp3) is 0.917. The lowest BCUT2D eigenvalue weighted by Gasteiger charge is -2.57. The van der Waals surface area contributed by atoms with Crippen LogP contribution in [0.1, 0.15) is 72.1 Å². The Balaban J connectivity index is 1.22. The minimum Gasteiger partial charge on any atom is -0.390 e. The van der Waals surface area contributed by atoms with Crippen molar-refractivity contribution >= 4 is 11.6 Å². The molecule has 0 radical (unpaired) electrons. The maximum Gasteiger partial charge on any atom is 0.157 e. The van der Waals surface area contributed by atoms with Gasteiger partial charge in [0.05, 0.1) is 12.1 Å². The normalized spacial score (nSPS) is 53.7. The number of carbonyl (C=O) groups excluding carboxylic acids is 1. The average molecular weight is 415 g/mol. The fourth-order valence-electron chi connectivity index (χ4n) is 9.37. The quantitative estimate of drug-likeness (QED) is 0.662. The monoisotopic (exact) mass is 414 g/mol. The molecule has 0 aromatic rings. The fourth-order valence-corrected chi connectivity index (χ4v) is 9.37. The molecule has 0 unspecified atom stereocenters. The van der Waals surface area contributed by atoms with E-state index in [1.54, 1.807) is 0 Å². The molecule has 0 bridgehead atoms. The Bertz CT molecular complexity index is 781. The van der Waals surface area contributed by atoms with Crippen LogP contribution in [0.2, 0.25) is 0 Å². The van der Waals surface area contributed by atoms with E-state index in [4.69, 9.17) is 0 Å². The lowest BCUT2D eigenvalue weighted by atomic mass is 9.48. The van der Waals surface area contributed by atoms with Crippen molar-refractivity contribution in [3.63, 3.8) is 0 Å². The van der Waals surface area contributed by atoms with Gasteiger partial charge in [-0.2, -0.15) is 0 Å². The summed E-state index contributed by atoms with van der Waals surface area (Å²) in [6, 6.07) is 0. The smallest absolute Gasteiger partial charge is 0.157 e. The molecule has 1 heterocycles. The molecular formula is C24H38N4O2. The predicted octanol–water partition coefficient (Wildman–Crippen LogP) is 3.09. The van der Waals surface area contributed by atoms with Gasteiger partial charge in [-0.25, -0.2) is 5.53 Å². The molecule has 6 rings (SSSR count). The first kappa shape index (κ1) is 19.5. The van der Waals surface area contributed by atoms with E-state index in [1.807, 2.05) is 18.9 Å². The van der Waals surface area contributed by atoms with Gasteiger partial charge in [-0.1, -0.05) is 6.92 Å². The number of hydrazone groups is 1. The number of aliphatic hydroxyl groups is 1. The van der Waals surface area contributed by atoms with Gasteiger partial charge in [-0.3, -0.25) is 9.80 Å². The molecule has 6 heteroatoms. The number of hydrazine groups is 2. The largest absolute Gasteiger partial charge is 0.390 e. The first-order valence-corrected chi connectivity index (χ1v) is 12.4. The summed E-state index contributed by atoms with van der Waals surface area (Å²) in [4.78, 5) is 13.5. The molecular weight excluding hydrogens is 376 g/mol. The van der Waals surface area contributed by atoms with Gasteiger partial charge in [0, 0.05) is 5.92 Å². The highest BCUT2D eigenvalue weighted by molar-refractivity contribution is 5.90. The van der Waals surface area contributed by atoms with E-state index in [1.165, 1.54) is 38.5 Å². The van der Waals surface area contributed by atoms with Gasteiger partial charge < -0.3 is 5.11 Å². The zero-order valence-electron chi connectivity index (χ0n) is 18.7. The van der Waals surface area contributed by atoms with E-state index in [0.717, 1.165) is 54.2 Å². The van der Waals surface area contributed by atoms with Crippen LogP contribution in [0.4, 0.5) is 0 Å². The van der Waals surface area contributed by atoms with Gasteiger partial charge in [0.25, 0.3) is 0 Å². The Morgan fingerprint density at radius 3 is 2.67 bits per heavy atom. The van der Waals surface area contributed by atoms with E-state index in [0.29, 0.717) is 18.2 Å². The van der Waals surface area contributed by atoms with E-state index in [-0.39, 0.29) is 11.3 Å². The summed E-state index contributed by atoms with van der Waals surface area (Å²) in [5, 5.41) is 16.6. The number of ketones is 1. The molecule has 0 aromatic carbocycles. The average Bonchev–Trinajstić information content (AvgIpc) is 3.24. The molecule has 30 heavy (non-hydrogen) atoms. The van der Waals surface area contributed by atoms with Crippen LogP contribution in [-0.2, 0) is 4.79 Å². The second-order valence-corrected chi connectivity index (χ2v) is 12.1. The zero-order valence-corrected chi connectivity index (χ0v) is 18.7. The third kappa shape index (κ3) is 2.75. The van der Waals surface area contributed by atoms with Gasteiger partial charge >= 0.3 is 0 Å². The van der Waals surface area contributed by atoms with Crippen LogP contribution in [0.25, 0.3) is 0 Å². The second-order valence-electron chi connectivity index (χ2n) is 12.1. The molecule has 5 fully saturated rings. The third-order valence-corrected chi connectivity index (χ3v) is 10.5. The standard InChI is InChI=1S/C24H38N4O2/c1-13-25-26-27-28(13)12-20(29)22-19-10-18(19)21-17-5-4-14-11-23(2,30)8-6-15(14)16(17)7-9-24(21,22)3/h14-19,21-22,26-27,30H,4-12H2,1-3H3/t14-,15+,16-,17-,18-,19+,21-,22-,23-,24+/m1/s1. The van der Waals surface area contributed by atoms with Crippen LogP contribution in [0, 0.1) is 52.8 Å². The van der Waals surface area contributed by atoms with Crippen molar-refractivity contribution in [2.75, 3.05) is 6.54 Å². The Kier molecular flexibility index (Phi) is 4.20. The summed E-state index contributed by atoms with van der Waals surface area (Å²) < 4.78 is 0. The number of hydrogen-bond acceptors (Lipinski definition) is 6. The zero-order chi connectivity index (χ0) is 20.8. The van der Waals surface area contributed by atoms with Gasteiger partial charge in [-0.05, 0) is 112 Å². The molecule has 5 saturated carbocycles. The van der Waals surface area contributed by atoms with Crippen molar-refractivity contribution in [2.45, 2.75) is 77.7 Å². The van der Waals surface area contributed by atoms with Gasteiger partial charge in [0.1, 0.15) is 5.84 Å². The minimum atomic E-state index is -0.441. The van der Waals surface area contributed by atoms with Gasteiger partial charge in [0.2, 0.25) is 0 Å². The Labute approximate surface area is 180 Å². The van der Waals surface area contributed by atoms with E-state index in [2.05, 4.69) is 23.1 Å². The van der Waals surface area contributed by atoms with Crippen molar-refractivity contribution in [3.05, 3.63) is 0 Å². The number of rotatable bonds is 3. The van der Waals surface area contributed by atoms with Gasteiger partial charge in [0.15, 0.2) is 5.78 Å². The molecule has 5 aliphatic carbocycles. The van der Waals surface area contributed by atoms with Crippen LogP contribution in [-0.4, -0.2) is 33.9 Å². The minimum absolute atomic E-state index is 0.191. The van der Waals surface area contributed by atoms with Crippen molar-refractivity contribution in [1.82, 2.24) is 16.1 Å². The Hall–Kier alpha value is -1.14. The SMILES string of the molecule is CC1=NNNN1CC(=O)[C@H]1[C@H]2C[C@H]2[C@H]2[C@@H]3CC[C@@H]4C[C@](C)(O)CC[C@@H]4[C@H]3CC[C@@]21C. The van der Waals surface area contributed by atoms with Crippen LogP contribution in [0.5, 0.6) is 0 Å². The molecule has 0 spiro atoms. The summed E-state index contributed by atoms with van der Waals surface area (Å²) in [7, 11) is 0. The molecule has 166 valence electrons. The highest BCUT2D eigenvalue weighted by atomic mass is 16.3. The van der Waals surface area contributed by atoms with Crippen LogP contribution in [0.15, 0.2) is 5.10 Å². The number of fused-ring (bicyclic) bond motifs is 7. The first-order chi connectivity index (χ1) is 14.3. The first-order valence-electron chi connectivity index (χ1n) is 12.4. The molecule has 10 atom stereocenters. The number of Topliss-reactive ketones (excluding diaryl/α,β-unsaturated/α-hetero) is 1. The van der Waals surface area contributed by atoms with E-state index < -0.39 is 5.60 Å². The maximum atomic E-state index is 13.5.